The van der Waals surface area contributed by atoms with Crippen LogP contribution >= 0.6 is 23.4 Å². The number of carbonyl (C=O) groups is 1. The van der Waals surface area contributed by atoms with Gasteiger partial charge in [0.1, 0.15) is 0 Å². The molecule has 1 aromatic rings. The van der Waals surface area contributed by atoms with Crippen molar-refractivity contribution in [2.75, 3.05) is 12.4 Å². The van der Waals surface area contributed by atoms with Crippen LogP contribution in [0.2, 0.25) is 5.02 Å². The summed E-state index contributed by atoms with van der Waals surface area (Å²) in [7, 11) is 0. The Hall–Kier alpha value is -0.710. The second-order valence-electron chi connectivity index (χ2n) is 3.39. The van der Waals surface area contributed by atoms with E-state index in [1.165, 1.54) is 11.8 Å². The molecule has 5 heteroatoms. The molecule has 1 rings (SSSR count). The molecule has 88 valence electrons. The van der Waals surface area contributed by atoms with Gasteiger partial charge in [-0.05, 0) is 31.2 Å². The first-order valence-corrected chi connectivity index (χ1v) is 6.26. The number of rotatable bonds is 5. The molecule has 0 saturated carbocycles. The molecule has 1 aromatic carbocycles. The summed E-state index contributed by atoms with van der Waals surface area (Å²) in [6.07, 6.45) is 0. The zero-order chi connectivity index (χ0) is 12.0. The Balaban J connectivity index is 2.34. The average Bonchev–Trinajstić information content (AvgIpc) is 2.28. The number of thioether (sulfide) groups is 1. The summed E-state index contributed by atoms with van der Waals surface area (Å²) in [5.74, 6) is 0.257. The number of nitrogens with one attached hydrogen (secondary N) is 1. The van der Waals surface area contributed by atoms with Crippen molar-refractivity contribution in [2.45, 2.75) is 17.9 Å². The highest BCUT2D eigenvalue weighted by atomic mass is 35.5. The summed E-state index contributed by atoms with van der Waals surface area (Å²) in [5, 5.41) is 12.1. The molecule has 0 aliphatic rings. The first-order chi connectivity index (χ1) is 7.61. The number of benzene rings is 1. The second-order valence-corrected chi connectivity index (χ2v) is 4.88. The van der Waals surface area contributed by atoms with Gasteiger partial charge in [0, 0.05) is 16.0 Å². The molecule has 0 radical (unpaired) electrons. The summed E-state index contributed by atoms with van der Waals surface area (Å²) in [6.45, 7) is 1.71. The molecule has 16 heavy (non-hydrogen) atoms. The lowest BCUT2D eigenvalue weighted by Gasteiger charge is -2.10. The van der Waals surface area contributed by atoms with Gasteiger partial charge < -0.3 is 10.4 Å². The van der Waals surface area contributed by atoms with E-state index >= 15 is 0 Å². The highest BCUT2D eigenvalue weighted by molar-refractivity contribution is 8.00. The van der Waals surface area contributed by atoms with Crippen molar-refractivity contribution in [3.8, 4) is 0 Å². The van der Waals surface area contributed by atoms with Gasteiger partial charge in [0.05, 0.1) is 12.4 Å². The van der Waals surface area contributed by atoms with E-state index in [1.54, 1.807) is 19.1 Å². The summed E-state index contributed by atoms with van der Waals surface area (Å²) in [4.78, 5) is 12.4. The molecule has 0 aliphatic carbocycles. The van der Waals surface area contributed by atoms with E-state index in [9.17, 15) is 4.79 Å². The maximum Gasteiger partial charge on any atom is 0.230 e. The second kappa shape index (κ2) is 6.78. The highest BCUT2D eigenvalue weighted by Crippen LogP contribution is 2.19. The van der Waals surface area contributed by atoms with E-state index in [4.69, 9.17) is 16.7 Å². The molecule has 0 bridgehead atoms. The zero-order valence-electron chi connectivity index (χ0n) is 8.94. The maximum atomic E-state index is 11.4. The Morgan fingerprint density at radius 1 is 1.50 bits per heavy atom. The molecule has 0 spiro atoms. The quantitative estimate of drug-likeness (QED) is 0.795. The van der Waals surface area contributed by atoms with Crippen molar-refractivity contribution in [1.82, 2.24) is 5.32 Å². The molecule has 0 fully saturated rings. The van der Waals surface area contributed by atoms with Crippen LogP contribution in [0.1, 0.15) is 6.92 Å². The molecule has 0 unspecified atom stereocenters. The van der Waals surface area contributed by atoms with Gasteiger partial charge in [-0.1, -0.05) is 11.6 Å². The number of aliphatic hydroxyl groups is 1. The lowest BCUT2D eigenvalue weighted by molar-refractivity contribution is -0.119. The zero-order valence-corrected chi connectivity index (χ0v) is 10.5. The Bertz CT molecular complexity index is 342. The third kappa shape index (κ3) is 4.88. The smallest absolute Gasteiger partial charge is 0.230 e. The SMILES string of the molecule is C[C@@H](CO)NC(=O)CSc1ccc(Cl)cc1. The van der Waals surface area contributed by atoms with Crippen molar-refractivity contribution in [1.29, 1.82) is 0 Å². The molecule has 3 nitrogen and oxygen atoms in total. The average molecular weight is 260 g/mol. The molecular formula is C11H14ClNO2S. The van der Waals surface area contributed by atoms with Gasteiger partial charge >= 0.3 is 0 Å². The summed E-state index contributed by atoms with van der Waals surface area (Å²) in [6, 6.07) is 7.13. The molecule has 0 aliphatic heterocycles. The molecule has 1 atom stereocenters. The summed E-state index contributed by atoms with van der Waals surface area (Å²) < 4.78 is 0. The fourth-order valence-corrected chi connectivity index (χ4v) is 1.88. The van der Waals surface area contributed by atoms with Crippen molar-refractivity contribution >= 4 is 29.3 Å². The van der Waals surface area contributed by atoms with Crippen molar-refractivity contribution < 1.29 is 9.90 Å². The molecule has 0 aromatic heterocycles. The number of amides is 1. The minimum absolute atomic E-state index is 0.0443. The van der Waals surface area contributed by atoms with Gasteiger partial charge in [0.25, 0.3) is 0 Å². The molecule has 1 amide bonds. The summed E-state index contributed by atoms with van der Waals surface area (Å²) >= 11 is 7.18. The Labute approximate surface area is 104 Å². The molecule has 0 heterocycles. The minimum atomic E-state index is -0.196. The lowest BCUT2D eigenvalue weighted by Crippen LogP contribution is -2.36. The minimum Gasteiger partial charge on any atom is -0.394 e. The normalized spacial score (nSPS) is 12.2. The predicted molar refractivity (Wildman–Crippen MR) is 66.9 cm³/mol. The van der Waals surface area contributed by atoms with Crippen LogP contribution in [0.5, 0.6) is 0 Å². The molecule has 0 saturated heterocycles. The van der Waals surface area contributed by atoms with Gasteiger partial charge in [0.15, 0.2) is 0 Å². The van der Waals surface area contributed by atoms with E-state index < -0.39 is 0 Å². The van der Waals surface area contributed by atoms with Crippen LogP contribution in [0.4, 0.5) is 0 Å². The lowest BCUT2D eigenvalue weighted by atomic mass is 10.4. The number of carbonyl (C=O) groups excluding carboxylic acids is 1. The largest absolute Gasteiger partial charge is 0.394 e. The Morgan fingerprint density at radius 3 is 2.69 bits per heavy atom. The predicted octanol–water partition coefficient (Wildman–Crippen LogP) is 1.93. The maximum absolute atomic E-state index is 11.4. The summed E-state index contributed by atoms with van der Waals surface area (Å²) in [5.41, 5.74) is 0. The van der Waals surface area contributed by atoms with E-state index in [2.05, 4.69) is 5.32 Å². The number of hydrogen-bond acceptors (Lipinski definition) is 3. The van der Waals surface area contributed by atoms with Crippen LogP contribution in [0.25, 0.3) is 0 Å². The van der Waals surface area contributed by atoms with Crippen LogP contribution in [0.3, 0.4) is 0 Å². The topological polar surface area (TPSA) is 49.3 Å². The van der Waals surface area contributed by atoms with Crippen molar-refractivity contribution in [2.24, 2.45) is 0 Å². The first kappa shape index (κ1) is 13.4. The Kier molecular flexibility index (Phi) is 5.66. The van der Waals surface area contributed by atoms with Crippen LogP contribution in [-0.2, 0) is 4.79 Å². The van der Waals surface area contributed by atoms with Gasteiger partial charge in [0.2, 0.25) is 5.91 Å². The number of hydrogen-bond donors (Lipinski definition) is 2. The first-order valence-electron chi connectivity index (χ1n) is 4.90. The fraction of sp³-hybridized carbons (Fsp3) is 0.364. The number of halogens is 1. The highest BCUT2D eigenvalue weighted by Gasteiger charge is 2.06. The van der Waals surface area contributed by atoms with Gasteiger partial charge in [-0.15, -0.1) is 11.8 Å². The standard InChI is InChI=1S/C11H14ClNO2S/c1-8(6-14)13-11(15)7-16-10-4-2-9(12)3-5-10/h2-5,8,14H,6-7H2,1H3,(H,13,15)/t8-/m0/s1. The number of aliphatic hydroxyl groups excluding tert-OH is 1. The monoisotopic (exact) mass is 259 g/mol. The van der Waals surface area contributed by atoms with E-state index in [0.29, 0.717) is 10.8 Å². The van der Waals surface area contributed by atoms with Crippen molar-refractivity contribution in [3.05, 3.63) is 29.3 Å². The van der Waals surface area contributed by atoms with Gasteiger partial charge in [-0.2, -0.15) is 0 Å². The van der Waals surface area contributed by atoms with Crippen molar-refractivity contribution in [3.63, 3.8) is 0 Å². The Morgan fingerprint density at radius 2 is 2.12 bits per heavy atom. The third-order valence-electron chi connectivity index (χ3n) is 1.86. The fourth-order valence-electron chi connectivity index (χ4n) is 1.04. The van der Waals surface area contributed by atoms with E-state index in [1.807, 2.05) is 12.1 Å². The van der Waals surface area contributed by atoms with Crippen LogP contribution in [0, 0.1) is 0 Å². The van der Waals surface area contributed by atoms with Crippen LogP contribution < -0.4 is 5.32 Å². The molecular weight excluding hydrogens is 246 g/mol. The van der Waals surface area contributed by atoms with Crippen LogP contribution in [-0.4, -0.2) is 29.4 Å². The van der Waals surface area contributed by atoms with Gasteiger partial charge in [-0.3, -0.25) is 4.79 Å². The van der Waals surface area contributed by atoms with Gasteiger partial charge in [-0.25, -0.2) is 0 Å². The molecule has 2 N–H and O–H groups in total. The van der Waals surface area contributed by atoms with E-state index in [0.717, 1.165) is 4.90 Å². The van der Waals surface area contributed by atoms with E-state index in [-0.39, 0.29) is 18.6 Å². The van der Waals surface area contributed by atoms with Crippen LogP contribution in [0.15, 0.2) is 29.2 Å². The third-order valence-corrected chi connectivity index (χ3v) is 3.13.